The van der Waals surface area contributed by atoms with Crippen molar-refractivity contribution in [2.24, 2.45) is 0 Å². The molecule has 0 N–H and O–H groups in total. The number of aryl methyl sites for hydroxylation is 3. The molecule has 1 heterocycles. The number of hydrogen-bond acceptors (Lipinski definition) is 2. The summed E-state index contributed by atoms with van der Waals surface area (Å²) in [7, 11) is 0. The van der Waals surface area contributed by atoms with Crippen LogP contribution in [0.4, 0.5) is 0 Å². The molecule has 0 radical (unpaired) electrons. The van der Waals surface area contributed by atoms with Crippen molar-refractivity contribution in [3.63, 3.8) is 0 Å². The van der Waals surface area contributed by atoms with Gasteiger partial charge in [-0.25, -0.2) is 4.98 Å². The van der Waals surface area contributed by atoms with Crippen molar-refractivity contribution in [1.82, 2.24) is 4.98 Å². The van der Waals surface area contributed by atoms with Gasteiger partial charge in [-0.15, -0.1) is 11.6 Å². The standard InChI is InChI=1S/C8H12ClNO/c1-6-7(2)11-8(10-6)4-3-5-9/h3-5H2,1-2H3. The molecular weight excluding hydrogens is 162 g/mol. The van der Waals surface area contributed by atoms with Gasteiger partial charge >= 0.3 is 0 Å². The van der Waals surface area contributed by atoms with Gasteiger partial charge in [-0.1, -0.05) is 0 Å². The van der Waals surface area contributed by atoms with Gasteiger partial charge < -0.3 is 4.42 Å². The van der Waals surface area contributed by atoms with Gasteiger partial charge in [-0.3, -0.25) is 0 Å². The van der Waals surface area contributed by atoms with Crippen LogP contribution in [0.25, 0.3) is 0 Å². The van der Waals surface area contributed by atoms with Gasteiger partial charge in [-0.2, -0.15) is 0 Å². The number of hydrogen-bond donors (Lipinski definition) is 0. The van der Waals surface area contributed by atoms with Crippen molar-refractivity contribution in [3.8, 4) is 0 Å². The molecule has 62 valence electrons. The van der Waals surface area contributed by atoms with E-state index >= 15 is 0 Å². The number of rotatable bonds is 3. The smallest absolute Gasteiger partial charge is 0.194 e. The van der Waals surface area contributed by atoms with E-state index in [9.17, 15) is 0 Å². The Morgan fingerprint density at radius 1 is 1.45 bits per heavy atom. The van der Waals surface area contributed by atoms with Gasteiger partial charge in [0.2, 0.25) is 0 Å². The zero-order chi connectivity index (χ0) is 8.27. The van der Waals surface area contributed by atoms with Crippen LogP contribution >= 0.6 is 11.6 Å². The maximum atomic E-state index is 5.53. The highest BCUT2D eigenvalue weighted by Gasteiger charge is 2.03. The first-order chi connectivity index (χ1) is 5.24. The predicted octanol–water partition coefficient (Wildman–Crippen LogP) is 2.46. The molecular formula is C8H12ClNO. The summed E-state index contributed by atoms with van der Waals surface area (Å²) in [6.45, 7) is 3.87. The Morgan fingerprint density at radius 3 is 2.64 bits per heavy atom. The van der Waals surface area contributed by atoms with Crippen LogP contribution in [-0.4, -0.2) is 10.9 Å². The topological polar surface area (TPSA) is 26.0 Å². The van der Waals surface area contributed by atoms with E-state index < -0.39 is 0 Å². The molecule has 0 unspecified atom stereocenters. The lowest BCUT2D eigenvalue weighted by Crippen LogP contribution is -1.85. The summed E-state index contributed by atoms with van der Waals surface area (Å²) in [5.41, 5.74) is 0.981. The molecule has 1 rings (SSSR count). The Bertz CT molecular complexity index is 212. The van der Waals surface area contributed by atoms with Crippen molar-refractivity contribution in [2.45, 2.75) is 26.7 Å². The van der Waals surface area contributed by atoms with E-state index in [-0.39, 0.29) is 0 Å². The monoisotopic (exact) mass is 173 g/mol. The molecule has 0 saturated heterocycles. The van der Waals surface area contributed by atoms with Gasteiger partial charge in [0.15, 0.2) is 5.89 Å². The third kappa shape index (κ3) is 2.22. The second kappa shape index (κ2) is 3.77. The number of aromatic nitrogens is 1. The SMILES string of the molecule is Cc1nc(CCCCl)oc1C. The third-order valence-electron chi connectivity index (χ3n) is 1.60. The summed E-state index contributed by atoms with van der Waals surface area (Å²) in [5.74, 6) is 2.38. The molecule has 0 bridgehead atoms. The van der Waals surface area contributed by atoms with E-state index in [4.69, 9.17) is 16.0 Å². The minimum atomic E-state index is 0.667. The highest BCUT2D eigenvalue weighted by Crippen LogP contribution is 2.09. The van der Waals surface area contributed by atoms with E-state index in [0.717, 1.165) is 30.2 Å². The Kier molecular flexibility index (Phi) is 2.94. The number of alkyl halides is 1. The molecule has 0 spiro atoms. The number of nitrogens with zero attached hydrogens (tertiary/aromatic N) is 1. The lowest BCUT2D eigenvalue weighted by atomic mass is 10.3. The summed E-state index contributed by atoms with van der Waals surface area (Å²) < 4.78 is 5.35. The van der Waals surface area contributed by atoms with E-state index in [1.165, 1.54) is 0 Å². The lowest BCUT2D eigenvalue weighted by molar-refractivity contribution is 0.468. The first-order valence-electron chi connectivity index (χ1n) is 3.73. The Labute approximate surface area is 71.6 Å². The molecule has 0 amide bonds. The fourth-order valence-electron chi connectivity index (χ4n) is 0.864. The summed E-state index contributed by atoms with van der Waals surface area (Å²) in [6, 6.07) is 0. The quantitative estimate of drug-likeness (QED) is 0.657. The summed E-state index contributed by atoms with van der Waals surface area (Å²) in [4.78, 5) is 4.22. The summed E-state index contributed by atoms with van der Waals surface area (Å²) in [5, 5.41) is 0. The van der Waals surface area contributed by atoms with Crippen LogP contribution in [0, 0.1) is 13.8 Å². The van der Waals surface area contributed by atoms with Crippen molar-refractivity contribution in [2.75, 3.05) is 5.88 Å². The molecule has 0 aliphatic rings. The second-order valence-electron chi connectivity index (χ2n) is 2.54. The highest BCUT2D eigenvalue weighted by molar-refractivity contribution is 6.17. The normalized spacial score (nSPS) is 10.5. The number of oxazole rings is 1. The second-order valence-corrected chi connectivity index (χ2v) is 2.92. The maximum absolute atomic E-state index is 5.53. The van der Waals surface area contributed by atoms with Crippen LogP contribution in [0.2, 0.25) is 0 Å². The van der Waals surface area contributed by atoms with E-state index in [0.29, 0.717) is 5.88 Å². The first kappa shape index (κ1) is 8.60. The Morgan fingerprint density at radius 2 is 2.18 bits per heavy atom. The van der Waals surface area contributed by atoms with Crippen LogP contribution in [0.3, 0.4) is 0 Å². The van der Waals surface area contributed by atoms with E-state index in [1.54, 1.807) is 0 Å². The molecule has 0 atom stereocenters. The maximum Gasteiger partial charge on any atom is 0.194 e. The van der Waals surface area contributed by atoms with E-state index in [1.807, 2.05) is 13.8 Å². The molecule has 2 nitrogen and oxygen atoms in total. The van der Waals surface area contributed by atoms with Crippen LogP contribution in [0.1, 0.15) is 23.8 Å². The molecule has 1 aromatic heterocycles. The molecule has 0 aliphatic heterocycles. The largest absolute Gasteiger partial charge is 0.446 e. The zero-order valence-electron chi connectivity index (χ0n) is 6.85. The van der Waals surface area contributed by atoms with Gasteiger partial charge in [0.05, 0.1) is 5.69 Å². The van der Waals surface area contributed by atoms with Gasteiger partial charge in [0.25, 0.3) is 0 Å². The predicted molar refractivity (Wildman–Crippen MR) is 45.0 cm³/mol. The van der Waals surface area contributed by atoms with Crippen molar-refractivity contribution in [1.29, 1.82) is 0 Å². The fourth-order valence-corrected chi connectivity index (χ4v) is 0.998. The average molecular weight is 174 g/mol. The Hall–Kier alpha value is -0.500. The van der Waals surface area contributed by atoms with E-state index in [2.05, 4.69) is 4.98 Å². The van der Waals surface area contributed by atoms with Crippen molar-refractivity contribution in [3.05, 3.63) is 17.3 Å². The summed E-state index contributed by atoms with van der Waals surface area (Å²) in [6.07, 6.45) is 1.78. The average Bonchev–Trinajstić information content (AvgIpc) is 2.28. The van der Waals surface area contributed by atoms with Crippen LogP contribution in [0.5, 0.6) is 0 Å². The molecule has 0 fully saturated rings. The van der Waals surface area contributed by atoms with Crippen LogP contribution in [-0.2, 0) is 6.42 Å². The van der Waals surface area contributed by atoms with Crippen LogP contribution in [0.15, 0.2) is 4.42 Å². The highest BCUT2D eigenvalue weighted by atomic mass is 35.5. The van der Waals surface area contributed by atoms with Gasteiger partial charge in [0.1, 0.15) is 5.76 Å². The van der Waals surface area contributed by atoms with Crippen LogP contribution < -0.4 is 0 Å². The molecule has 0 saturated carbocycles. The number of halogens is 1. The lowest BCUT2D eigenvalue weighted by Gasteiger charge is -1.88. The zero-order valence-corrected chi connectivity index (χ0v) is 7.61. The molecule has 0 aromatic carbocycles. The molecule has 1 aromatic rings. The van der Waals surface area contributed by atoms with Crippen molar-refractivity contribution < 1.29 is 4.42 Å². The molecule has 3 heteroatoms. The minimum absolute atomic E-state index is 0.667. The first-order valence-corrected chi connectivity index (χ1v) is 4.26. The van der Waals surface area contributed by atoms with Gasteiger partial charge in [-0.05, 0) is 20.3 Å². The van der Waals surface area contributed by atoms with Gasteiger partial charge in [0, 0.05) is 12.3 Å². The minimum Gasteiger partial charge on any atom is -0.446 e. The fraction of sp³-hybridized carbons (Fsp3) is 0.625. The molecule has 11 heavy (non-hydrogen) atoms. The van der Waals surface area contributed by atoms with Crippen molar-refractivity contribution >= 4 is 11.6 Å². The molecule has 0 aliphatic carbocycles. The Balaban J connectivity index is 2.58. The third-order valence-corrected chi connectivity index (χ3v) is 1.86. The summed E-state index contributed by atoms with van der Waals surface area (Å²) >= 11 is 5.53.